The minimum absolute atomic E-state index is 0.170. The number of nitrogens with zero attached hydrogens (tertiary/aromatic N) is 5. The van der Waals surface area contributed by atoms with Crippen molar-refractivity contribution in [3.8, 4) is 0 Å². The van der Waals surface area contributed by atoms with E-state index in [2.05, 4.69) is 38.0 Å². The molecule has 2 saturated heterocycles. The summed E-state index contributed by atoms with van der Waals surface area (Å²) < 4.78 is 13.4. The van der Waals surface area contributed by atoms with E-state index in [1.165, 1.54) is 18.4 Å². The molecular weight excluding hydrogens is 452 g/mol. The van der Waals surface area contributed by atoms with Crippen molar-refractivity contribution >= 4 is 34.1 Å². The van der Waals surface area contributed by atoms with Crippen LogP contribution in [0.2, 0.25) is 5.02 Å². The van der Waals surface area contributed by atoms with Gasteiger partial charge in [-0.25, -0.2) is 9.97 Å². The van der Waals surface area contributed by atoms with Crippen LogP contribution < -0.4 is 5.32 Å². The fourth-order valence-electron chi connectivity index (χ4n) is 5.43. The molecule has 0 amide bonds. The molecule has 0 radical (unpaired) electrons. The molecule has 1 unspecified atom stereocenters. The van der Waals surface area contributed by atoms with Gasteiger partial charge in [0.05, 0.1) is 54.5 Å². The number of benzene rings is 1. The molecule has 6 rings (SSSR count). The van der Waals surface area contributed by atoms with Crippen molar-refractivity contribution in [2.24, 2.45) is 0 Å². The van der Waals surface area contributed by atoms with Crippen LogP contribution in [0.1, 0.15) is 48.9 Å². The summed E-state index contributed by atoms with van der Waals surface area (Å²) in [4.78, 5) is 11.8. The number of ether oxygens (including phenoxy) is 2. The van der Waals surface area contributed by atoms with Gasteiger partial charge in [0.2, 0.25) is 5.95 Å². The zero-order valence-corrected chi connectivity index (χ0v) is 20.5. The lowest BCUT2D eigenvalue weighted by molar-refractivity contribution is 0.0317. The Kier molecular flexibility index (Phi) is 5.93. The van der Waals surface area contributed by atoms with E-state index < -0.39 is 0 Å². The average Bonchev–Trinajstić information content (AvgIpc) is 3.47. The van der Waals surface area contributed by atoms with Gasteiger partial charge in [-0.2, -0.15) is 5.10 Å². The Morgan fingerprint density at radius 3 is 2.71 bits per heavy atom. The molecule has 1 saturated carbocycles. The highest BCUT2D eigenvalue weighted by atomic mass is 35.5. The zero-order valence-electron chi connectivity index (χ0n) is 19.7. The van der Waals surface area contributed by atoms with Gasteiger partial charge in [0.15, 0.2) is 0 Å². The molecule has 3 aromatic rings. The summed E-state index contributed by atoms with van der Waals surface area (Å²) in [6.45, 7) is 5.58. The Labute approximate surface area is 204 Å². The maximum absolute atomic E-state index is 6.74. The van der Waals surface area contributed by atoms with Crippen LogP contribution in [-0.4, -0.2) is 70.2 Å². The number of fused-ring (bicyclic) bond motifs is 1. The van der Waals surface area contributed by atoms with E-state index in [9.17, 15) is 0 Å². The topological polar surface area (TPSA) is 77.3 Å². The first-order valence-corrected chi connectivity index (χ1v) is 12.6. The van der Waals surface area contributed by atoms with Gasteiger partial charge >= 0.3 is 0 Å². The number of likely N-dealkylation sites (tertiary alicyclic amines) is 1. The molecule has 8 nitrogen and oxygen atoms in total. The van der Waals surface area contributed by atoms with Gasteiger partial charge < -0.3 is 14.8 Å². The van der Waals surface area contributed by atoms with E-state index in [1.807, 2.05) is 18.5 Å². The Morgan fingerprint density at radius 2 is 1.94 bits per heavy atom. The molecule has 2 atom stereocenters. The van der Waals surface area contributed by atoms with Crippen molar-refractivity contribution in [2.75, 3.05) is 38.7 Å². The lowest BCUT2D eigenvalue weighted by Gasteiger charge is -2.37. The van der Waals surface area contributed by atoms with Gasteiger partial charge in [-0.3, -0.25) is 9.58 Å². The van der Waals surface area contributed by atoms with E-state index >= 15 is 0 Å². The molecule has 1 N–H and O–H groups in total. The minimum Gasteiger partial charge on any atom is -0.377 e. The number of hydrogen-bond donors (Lipinski definition) is 1. The van der Waals surface area contributed by atoms with E-state index in [0.29, 0.717) is 30.6 Å². The SMILES string of the molecule is COC1COC[C@H]1N1CCC(c2cc3nc(Nc4cnn(C5CC5)c4C)ncc3cc2Cl)CC1. The molecule has 3 fully saturated rings. The Bertz CT molecular complexity index is 1190. The van der Waals surface area contributed by atoms with Crippen molar-refractivity contribution < 1.29 is 9.47 Å². The Balaban J connectivity index is 1.19. The number of hydrogen-bond acceptors (Lipinski definition) is 7. The van der Waals surface area contributed by atoms with E-state index in [0.717, 1.165) is 59.8 Å². The summed E-state index contributed by atoms with van der Waals surface area (Å²) in [7, 11) is 1.78. The molecule has 180 valence electrons. The highest BCUT2D eigenvalue weighted by Gasteiger charge is 2.35. The lowest BCUT2D eigenvalue weighted by atomic mass is 9.88. The van der Waals surface area contributed by atoms with E-state index in [1.54, 1.807) is 7.11 Å². The number of aromatic nitrogens is 4. The monoisotopic (exact) mass is 482 g/mol. The van der Waals surface area contributed by atoms with Crippen LogP contribution in [0, 0.1) is 6.92 Å². The summed E-state index contributed by atoms with van der Waals surface area (Å²) in [5, 5.41) is 9.64. The molecule has 2 aliphatic heterocycles. The number of rotatable bonds is 6. The average molecular weight is 483 g/mol. The molecule has 34 heavy (non-hydrogen) atoms. The maximum atomic E-state index is 6.74. The third kappa shape index (κ3) is 4.17. The van der Waals surface area contributed by atoms with Crippen LogP contribution in [0.5, 0.6) is 0 Å². The number of nitrogens with one attached hydrogen (secondary N) is 1. The van der Waals surface area contributed by atoms with Crippen molar-refractivity contribution in [2.45, 2.75) is 56.7 Å². The summed E-state index contributed by atoms with van der Waals surface area (Å²) in [6.07, 6.45) is 8.42. The van der Waals surface area contributed by atoms with Crippen LogP contribution in [0.4, 0.5) is 11.6 Å². The quantitative estimate of drug-likeness (QED) is 0.555. The van der Waals surface area contributed by atoms with Gasteiger partial charge in [-0.1, -0.05) is 11.6 Å². The third-order valence-corrected chi connectivity index (χ3v) is 7.95. The third-order valence-electron chi connectivity index (χ3n) is 7.62. The van der Waals surface area contributed by atoms with Gasteiger partial charge in [0.1, 0.15) is 0 Å². The molecule has 9 heteroatoms. The first kappa shape index (κ1) is 22.2. The maximum Gasteiger partial charge on any atom is 0.227 e. The second-order valence-corrected chi connectivity index (χ2v) is 10.2. The molecule has 1 aliphatic carbocycles. The fraction of sp³-hybridized carbons (Fsp3) is 0.560. The predicted molar refractivity (Wildman–Crippen MR) is 132 cm³/mol. The molecule has 3 aliphatic rings. The normalized spacial score (nSPS) is 24.2. The molecule has 2 aromatic heterocycles. The van der Waals surface area contributed by atoms with Crippen molar-refractivity contribution in [3.63, 3.8) is 0 Å². The zero-order chi connectivity index (χ0) is 23.2. The lowest BCUT2D eigenvalue weighted by Crippen LogP contribution is -2.47. The van der Waals surface area contributed by atoms with Gasteiger partial charge in [0, 0.05) is 23.7 Å². The van der Waals surface area contributed by atoms with Gasteiger partial charge in [-0.15, -0.1) is 0 Å². The Morgan fingerprint density at radius 1 is 1.12 bits per heavy atom. The van der Waals surface area contributed by atoms with Crippen molar-refractivity contribution in [3.05, 3.63) is 40.8 Å². The van der Waals surface area contributed by atoms with Gasteiger partial charge in [0.25, 0.3) is 0 Å². The van der Waals surface area contributed by atoms with Crippen molar-refractivity contribution in [1.29, 1.82) is 0 Å². The van der Waals surface area contributed by atoms with Crippen LogP contribution in [0.25, 0.3) is 10.9 Å². The Hall–Kier alpha value is -2.26. The molecule has 0 spiro atoms. The standard InChI is InChI=1S/C25H31ClN6O2/c1-15-22(12-28-32(15)18-3-4-18)30-25-27-11-17-9-20(26)19(10-21(17)29-25)16-5-7-31(8-6-16)23-13-34-14-24(23)33-2/h9-12,16,18,23-24H,3-8,13-14H2,1-2H3,(H,27,29,30)/t23-,24?/m1/s1. The number of halogens is 1. The smallest absolute Gasteiger partial charge is 0.227 e. The van der Waals surface area contributed by atoms with Crippen LogP contribution in [-0.2, 0) is 9.47 Å². The van der Waals surface area contributed by atoms with Crippen LogP contribution >= 0.6 is 11.6 Å². The largest absolute Gasteiger partial charge is 0.377 e. The fourth-order valence-corrected chi connectivity index (χ4v) is 5.75. The minimum atomic E-state index is 0.170. The number of methoxy groups -OCH3 is 1. The van der Waals surface area contributed by atoms with Crippen LogP contribution in [0.15, 0.2) is 24.5 Å². The molecule has 0 bridgehead atoms. The molecule has 4 heterocycles. The van der Waals surface area contributed by atoms with Crippen LogP contribution in [0.3, 0.4) is 0 Å². The number of piperidine rings is 1. The van der Waals surface area contributed by atoms with E-state index in [-0.39, 0.29) is 6.10 Å². The van der Waals surface area contributed by atoms with E-state index in [4.69, 9.17) is 26.1 Å². The second-order valence-electron chi connectivity index (χ2n) is 9.76. The first-order valence-electron chi connectivity index (χ1n) is 12.2. The first-order chi connectivity index (χ1) is 16.6. The highest BCUT2D eigenvalue weighted by Crippen LogP contribution is 2.38. The summed E-state index contributed by atoms with van der Waals surface area (Å²) >= 11 is 6.74. The summed E-state index contributed by atoms with van der Waals surface area (Å²) in [6, 6.07) is 5.06. The molecular formula is C25H31ClN6O2. The van der Waals surface area contributed by atoms with Gasteiger partial charge in [-0.05, 0) is 69.3 Å². The molecule has 1 aromatic carbocycles. The van der Waals surface area contributed by atoms with Crippen molar-refractivity contribution in [1.82, 2.24) is 24.6 Å². The summed E-state index contributed by atoms with van der Waals surface area (Å²) in [5.74, 6) is 1.00. The number of anilines is 2. The second kappa shape index (κ2) is 9.07. The summed E-state index contributed by atoms with van der Waals surface area (Å²) in [5.41, 5.74) is 4.17. The predicted octanol–water partition coefficient (Wildman–Crippen LogP) is 4.46. The highest BCUT2D eigenvalue weighted by molar-refractivity contribution is 6.32.